The second-order valence-electron chi connectivity index (χ2n) is 4.49. The SMILES string of the molecule is CCCN1C(CCNC)CCC1C(C)=O. The van der Waals surface area contributed by atoms with Gasteiger partial charge in [0.15, 0.2) is 0 Å². The number of nitrogens with zero attached hydrogens (tertiary/aromatic N) is 1. The zero-order valence-corrected chi connectivity index (χ0v) is 10.3. The van der Waals surface area contributed by atoms with E-state index in [1.54, 1.807) is 6.92 Å². The molecule has 2 atom stereocenters. The first kappa shape index (κ1) is 12.7. The van der Waals surface area contributed by atoms with Crippen molar-refractivity contribution in [3.63, 3.8) is 0 Å². The Morgan fingerprint density at radius 1 is 1.47 bits per heavy atom. The van der Waals surface area contributed by atoms with Crippen LogP contribution < -0.4 is 5.32 Å². The summed E-state index contributed by atoms with van der Waals surface area (Å²) in [6.45, 7) is 6.03. The number of carbonyl (C=O) groups is 1. The third-order valence-corrected chi connectivity index (χ3v) is 3.32. The van der Waals surface area contributed by atoms with Crippen molar-refractivity contribution in [2.45, 2.75) is 51.6 Å². The first-order valence-electron chi connectivity index (χ1n) is 6.11. The summed E-state index contributed by atoms with van der Waals surface area (Å²) in [5, 5.41) is 3.19. The molecule has 0 spiro atoms. The summed E-state index contributed by atoms with van der Waals surface area (Å²) in [5.41, 5.74) is 0. The van der Waals surface area contributed by atoms with Crippen molar-refractivity contribution in [2.75, 3.05) is 20.1 Å². The van der Waals surface area contributed by atoms with Gasteiger partial charge in [-0.2, -0.15) is 0 Å². The van der Waals surface area contributed by atoms with E-state index in [0.717, 1.165) is 25.9 Å². The van der Waals surface area contributed by atoms with E-state index in [1.807, 2.05) is 7.05 Å². The summed E-state index contributed by atoms with van der Waals surface area (Å²) in [5.74, 6) is 0.343. The molecule has 1 fully saturated rings. The summed E-state index contributed by atoms with van der Waals surface area (Å²) in [6, 6.07) is 0.818. The van der Waals surface area contributed by atoms with Gasteiger partial charge in [0.25, 0.3) is 0 Å². The highest BCUT2D eigenvalue weighted by molar-refractivity contribution is 5.81. The Bertz CT molecular complexity index is 206. The molecule has 1 heterocycles. The Labute approximate surface area is 93.2 Å². The average Bonchev–Trinajstić information content (AvgIpc) is 2.59. The molecule has 88 valence electrons. The minimum Gasteiger partial charge on any atom is -0.320 e. The number of nitrogens with one attached hydrogen (secondary N) is 1. The third kappa shape index (κ3) is 3.28. The standard InChI is InChI=1S/C12H24N2O/c1-4-9-14-11(7-8-13-3)5-6-12(14)10(2)15/h11-13H,4-9H2,1-3H3. The van der Waals surface area contributed by atoms with Gasteiger partial charge in [-0.25, -0.2) is 0 Å². The van der Waals surface area contributed by atoms with Crippen molar-refractivity contribution in [1.82, 2.24) is 10.2 Å². The van der Waals surface area contributed by atoms with Crippen molar-refractivity contribution in [3.05, 3.63) is 0 Å². The topological polar surface area (TPSA) is 32.3 Å². The molecule has 0 amide bonds. The van der Waals surface area contributed by atoms with Gasteiger partial charge in [0.05, 0.1) is 6.04 Å². The molecule has 3 nitrogen and oxygen atoms in total. The average molecular weight is 212 g/mol. The molecule has 0 aromatic heterocycles. The molecular formula is C12H24N2O. The smallest absolute Gasteiger partial charge is 0.146 e. The molecule has 0 bridgehead atoms. The molecule has 1 aliphatic rings. The highest BCUT2D eigenvalue weighted by Crippen LogP contribution is 2.26. The second kappa shape index (κ2) is 6.23. The van der Waals surface area contributed by atoms with E-state index in [0.29, 0.717) is 11.8 Å². The predicted molar refractivity (Wildman–Crippen MR) is 63.0 cm³/mol. The molecule has 3 heteroatoms. The Morgan fingerprint density at radius 3 is 2.73 bits per heavy atom. The van der Waals surface area contributed by atoms with Crippen LogP contribution in [0.5, 0.6) is 0 Å². The van der Waals surface area contributed by atoms with Crippen LogP contribution in [0.15, 0.2) is 0 Å². The number of Topliss-reactive ketones (excluding diaryl/α,β-unsaturated/α-hetero) is 1. The molecule has 0 aliphatic carbocycles. The van der Waals surface area contributed by atoms with Crippen LogP contribution in [0, 0.1) is 0 Å². The van der Waals surface area contributed by atoms with Gasteiger partial charge in [-0.1, -0.05) is 6.92 Å². The van der Waals surface area contributed by atoms with Crippen LogP contribution in [0.4, 0.5) is 0 Å². The number of hydrogen-bond acceptors (Lipinski definition) is 3. The van der Waals surface area contributed by atoms with Crippen molar-refractivity contribution in [3.8, 4) is 0 Å². The summed E-state index contributed by atoms with van der Waals surface area (Å²) >= 11 is 0. The number of hydrogen-bond donors (Lipinski definition) is 1. The van der Waals surface area contributed by atoms with Gasteiger partial charge in [0.1, 0.15) is 5.78 Å². The van der Waals surface area contributed by atoms with E-state index in [-0.39, 0.29) is 6.04 Å². The van der Waals surface area contributed by atoms with Gasteiger partial charge in [0, 0.05) is 6.04 Å². The number of likely N-dealkylation sites (tertiary alicyclic amines) is 1. The van der Waals surface area contributed by atoms with Crippen LogP contribution in [0.1, 0.15) is 39.5 Å². The van der Waals surface area contributed by atoms with Gasteiger partial charge in [-0.05, 0) is 52.7 Å². The first-order chi connectivity index (χ1) is 7.20. The van der Waals surface area contributed by atoms with Crippen LogP contribution in [0.3, 0.4) is 0 Å². The van der Waals surface area contributed by atoms with E-state index in [2.05, 4.69) is 17.1 Å². The molecule has 0 saturated carbocycles. The van der Waals surface area contributed by atoms with E-state index in [9.17, 15) is 4.79 Å². The zero-order chi connectivity index (χ0) is 11.3. The quantitative estimate of drug-likeness (QED) is 0.723. The Morgan fingerprint density at radius 2 is 2.20 bits per heavy atom. The monoisotopic (exact) mass is 212 g/mol. The van der Waals surface area contributed by atoms with Crippen LogP contribution in [0.25, 0.3) is 0 Å². The lowest BCUT2D eigenvalue weighted by Crippen LogP contribution is -2.41. The summed E-state index contributed by atoms with van der Waals surface area (Å²) in [7, 11) is 1.99. The summed E-state index contributed by atoms with van der Waals surface area (Å²) in [6.07, 6.45) is 4.55. The second-order valence-corrected chi connectivity index (χ2v) is 4.49. The number of ketones is 1. The summed E-state index contributed by atoms with van der Waals surface area (Å²) in [4.78, 5) is 13.9. The van der Waals surface area contributed by atoms with Gasteiger partial charge in [-0.15, -0.1) is 0 Å². The minimum absolute atomic E-state index is 0.201. The normalized spacial score (nSPS) is 27.1. The fourth-order valence-electron chi connectivity index (χ4n) is 2.59. The lowest BCUT2D eigenvalue weighted by Gasteiger charge is -2.28. The fraction of sp³-hybridized carbons (Fsp3) is 0.917. The number of carbonyl (C=O) groups excluding carboxylic acids is 1. The minimum atomic E-state index is 0.201. The van der Waals surface area contributed by atoms with Crippen molar-refractivity contribution < 1.29 is 4.79 Å². The largest absolute Gasteiger partial charge is 0.320 e. The molecule has 2 unspecified atom stereocenters. The highest BCUT2D eigenvalue weighted by Gasteiger charge is 2.34. The lowest BCUT2D eigenvalue weighted by molar-refractivity contribution is -0.121. The zero-order valence-electron chi connectivity index (χ0n) is 10.3. The van der Waals surface area contributed by atoms with Gasteiger partial charge in [-0.3, -0.25) is 9.69 Å². The Kier molecular flexibility index (Phi) is 5.26. The highest BCUT2D eigenvalue weighted by atomic mass is 16.1. The molecule has 0 aromatic carbocycles. The van der Waals surface area contributed by atoms with Gasteiger partial charge in [0.2, 0.25) is 0 Å². The molecule has 15 heavy (non-hydrogen) atoms. The van der Waals surface area contributed by atoms with Crippen molar-refractivity contribution in [2.24, 2.45) is 0 Å². The van der Waals surface area contributed by atoms with Crippen LogP contribution in [-0.2, 0) is 4.79 Å². The molecule has 0 aromatic rings. The van der Waals surface area contributed by atoms with E-state index in [4.69, 9.17) is 0 Å². The Balaban J connectivity index is 2.53. The third-order valence-electron chi connectivity index (χ3n) is 3.32. The van der Waals surface area contributed by atoms with E-state index in [1.165, 1.54) is 12.8 Å². The van der Waals surface area contributed by atoms with E-state index < -0.39 is 0 Å². The van der Waals surface area contributed by atoms with E-state index >= 15 is 0 Å². The van der Waals surface area contributed by atoms with Crippen LogP contribution in [0.2, 0.25) is 0 Å². The molecule has 1 N–H and O–H groups in total. The van der Waals surface area contributed by atoms with Crippen LogP contribution >= 0.6 is 0 Å². The first-order valence-corrected chi connectivity index (χ1v) is 6.11. The van der Waals surface area contributed by atoms with Gasteiger partial charge < -0.3 is 5.32 Å². The maximum Gasteiger partial charge on any atom is 0.146 e. The summed E-state index contributed by atoms with van der Waals surface area (Å²) < 4.78 is 0. The molecule has 1 aliphatic heterocycles. The molecule has 1 saturated heterocycles. The van der Waals surface area contributed by atoms with Crippen molar-refractivity contribution in [1.29, 1.82) is 0 Å². The van der Waals surface area contributed by atoms with Gasteiger partial charge >= 0.3 is 0 Å². The Hall–Kier alpha value is -0.410. The van der Waals surface area contributed by atoms with Crippen molar-refractivity contribution >= 4 is 5.78 Å². The molecule has 1 rings (SSSR count). The molecular weight excluding hydrogens is 188 g/mol. The molecule has 0 radical (unpaired) electrons. The maximum absolute atomic E-state index is 11.5. The lowest BCUT2D eigenvalue weighted by atomic mass is 10.1. The predicted octanol–water partition coefficient (Wildman–Crippen LogP) is 1.43. The number of rotatable bonds is 6. The maximum atomic E-state index is 11.5. The van der Waals surface area contributed by atoms with Crippen LogP contribution in [-0.4, -0.2) is 42.9 Å². The fourth-order valence-corrected chi connectivity index (χ4v) is 2.59.